The molecule has 1 fully saturated rings. The maximum atomic E-state index is 6.02. The molecule has 0 spiro atoms. The molecule has 0 amide bonds. The number of rotatable bonds is 6. The van der Waals surface area contributed by atoms with E-state index in [1.807, 2.05) is 19.8 Å². The van der Waals surface area contributed by atoms with Gasteiger partial charge in [-0.25, -0.2) is 0 Å². The summed E-state index contributed by atoms with van der Waals surface area (Å²) in [5.41, 5.74) is 5.70. The summed E-state index contributed by atoms with van der Waals surface area (Å²) in [6.07, 6.45) is 4.41. The first kappa shape index (κ1) is 19.1. The predicted octanol–water partition coefficient (Wildman–Crippen LogP) is 3.15. The van der Waals surface area contributed by atoms with Crippen LogP contribution in [0.1, 0.15) is 54.4 Å². The van der Waals surface area contributed by atoms with Crippen LogP contribution >= 0.6 is 12.6 Å². The van der Waals surface area contributed by atoms with Crippen LogP contribution < -0.4 is 5.73 Å². The number of nitrogens with two attached hydrogens (primary N) is 1. The molecule has 2 N–H and O–H groups in total. The average Bonchev–Trinajstić information content (AvgIpc) is 2.33. The quantitative estimate of drug-likeness (QED) is 0.585. The Balaban J connectivity index is 2.36. The molecule has 0 aromatic heterocycles. The van der Waals surface area contributed by atoms with Crippen LogP contribution in [0.15, 0.2) is 12.1 Å². The largest absolute Gasteiger partial charge is 0.429 e. The van der Waals surface area contributed by atoms with E-state index >= 15 is 0 Å². The molecule has 4 unspecified atom stereocenters. The maximum Gasteiger partial charge on any atom is 0.322 e. The van der Waals surface area contributed by atoms with Crippen molar-refractivity contribution in [2.75, 3.05) is 0 Å². The lowest BCUT2D eigenvalue weighted by molar-refractivity contribution is -0.0784. The van der Waals surface area contributed by atoms with E-state index in [9.17, 15) is 0 Å². The lowest BCUT2D eigenvalue weighted by Crippen LogP contribution is -2.46. The van der Waals surface area contributed by atoms with Crippen LogP contribution in [0.3, 0.4) is 0 Å². The summed E-state index contributed by atoms with van der Waals surface area (Å²) in [5.74, 6) is 2.45. The minimum absolute atomic E-state index is 0.142. The van der Waals surface area contributed by atoms with E-state index in [-0.39, 0.29) is 28.6 Å². The molecule has 5 heteroatoms. The third-order valence-corrected chi connectivity index (χ3v) is 5.23. The Hall–Kier alpha value is 0.0349. The molecule has 4 atom stereocenters. The third-order valence-electron chi connectivity index (χ3n) is 4.69. The number of hydrogen-bond acceptors (Lipinski definition) is 4. The highest BCUT2D eigenvalue weighted by atomic mass is 32.1. The van der Waals surface area contributed by atoms with E-state index in [1.54, 1.807) is 7.48 Å². The van der Waals surface area contributed by atoms with Crippen molar-refractivity contribution in [2.24, 2.45) is 11.7 Å². The zero-order chi connectivity index (χ0) is 16.3. The lowest BCUT2D eigenvalue weighted by Gasteiger charge is -2.38. The molecular formula is C16H31BNO2S. The van der Waals surface area contributed by atoms with E-state index in [0.29, 0.717) is 5.92 Å². The average molecular weight is 312 g/mol. The van der Waals surface area contributed by atoms with Crippen molar-refractivity contribution < 1.29 is 9.39 Å². The molecular weight excluding hydrogens is 281 g/mol. The second-order valence-corrected chi connectivity index (χ2v) is 8.36. The van der Waals surface area contributed by atoms with E-state index in [2.05, 4.69) is 46.4 Å². The highest BCUT2D eigenvalue weighted by molar-refractivity contribution is 7.81. The third kappa shape index (κ3) is 5.63. The predicted molar refractivity (Wildman–Crippen MR) is 93.8 cm³/mol. The van der Waals surface area contributed by atoms with E-state index in [4.69, 9.17) is 15.1 Å². The van der Waals surface area contributed by atoms with Gasteiger partial charge in [0.15, 0.2) is 0 Å². The van der Waals surface area contributed by atoms with Gasteiger partial charge in [0.1, 0.15) is 0 Å². The van der Waals surface area contributed by atoms with Crippen LogP contribution in [0.25, 0.3) is 0 Å². The monoisotopic (exact) mass is 312 g/mol. The topological polar surface area (TPSA) is 44.5 Å². The summed E-state index contributed by atoms with van der Waals surface area (Å²) in [6, 6.07) is 0.161. The highest BCUT2D eigenvalue weighted by Crippen LogP contribution is 2.30. The Morgan fingerprint density at radius 2 is 1.95 bits per heavy atom. The first-order valence-electron chi connectivity index (χ1n) is 7.84. The molecule has 0 aromatic rings. The van der Waals surface area contributed by atoms with Crippen LogP contribution in [-0.2, 0) is 9.39 Å². The lowest BCUT2D eigenvalue weighted by atomic mass is 9.87. The molecule has 1 aliphatic rings. The molecule has 0 aromatic carbocycles. The summed E-state index contributed by atoms with van der Waals surface area (Å²) >= 11 is 4.57. The van der Waals surface area contributed by atoms with Gasteiger partial charge in [-0.05, 0) is 53.4 Å². The van der Waals surface area contributed by atoms with Gasteiger partial charge in [0.25, 0.3) is 0 Å². The SMILES string of the molecule is CC1CC(N)C(C)OC1C/C=C/[B]OC(C)(C)C(C)(C)S. The molecule has 1 saturated heterocycles. The molecule has 21 heavy (non-hydrogen) atoms. The van der Waals surface area contributed by atoms with Crippen molar-refractivity contribution in [1.82, 2.24) is 0 Å². The normalized spacial score (nSPS) is 31.6. The molecule has 121 valence electrons. The minimum atomic E-state index is -0.323. The molecule has 1 heterocycles. The van der Waals surface area contributed by atoms with Crippen molar-refractivity contribution in [3.8, 4) is 0 Å². The molecule has 1 rings (SSSR count). The van der Waals surface area contributed by atoms with Crippen LogP contribution in [0.2, 0.25) is 0 Å². The van der Waals surface area contributed by atoms with Gasteiger partial charge in [-0.3, -0.25) is 0 Å². The van der Waals surface area contributed by atoms with Crippen LogP contribution in [0, 0.1) is 5.92 Å². The van der Waals surface area contributed by atoms with E-state index in [0.717, 1.165) is 12.8 Å². The summed E-state index contributed by atoms with van der Waals surface area (Å²) in [6.45, 7) is 12.4. The van der Waals surface area contributed by atoms with E-state index in [1.165, 1.54) is 0 Å². The Labute approximate surface area is 136 Å². The molecule has 0 bridgehead atoms. The van der Waals surface area contributed by atoms with Crippen LogP contribution in [0.5, 0.6) is 0 Å². The van der Waals surface area contributed by atoms with E-state index < -0.39 is 0 Å². The first-order chi connectivity index (χ1) is 9.54. The summed E-state index contributed by atoms with van der Waals surface area (Å²) < 4.78 is 11.6. The van der Waals surface area contributed by atoms with Gasteiger partial charge in [-0.1, -0.05) is 19.0 Å². The Bertz CT molecular complexity index is 355. The Morgan fingerprint density at radius 3 is 2.52 bits per heavy atom. The van der Waals surface area contributed by atoms with Crippen molar-refractivity contribution in [3.63, 3.8) is 0 Å². The Morgan fingerprint density at radius 1 is 1.33 bits per heavy atom. The van der Waals surface area contributed by atoms with Crippen molar-refractivity contribution >= 4 is 20.1 Å². The van der Waals surface area contributed by atoms with Crippen LogP contribution in [-0.4, -0.2) is 36.1 Å². The molecule has 3 nitrogen and oxygen atoms in total. The van der Waals surface area contributed by atoms with Crippen molar-refractivity contribution in [1.29, 1.82) is 0 Å². The second kappa shape index (κ2) is 7.54. The summed E-state index contributed by atoms with van der Waals surface area (Å²) in [4.78, 5) is 0. The zero-order valence-corrected chi connectivity index (χ0v) is 15.2. The van der Waals surface area contributed by atoms with Gasteiger partial charge in [-0.2, -0.15) is 12.6 Å². The molecule has 0 aliphatic carbocycles. The highest BCUT2D eigenvalue weighted by Gasteiger charge is 2.34. The number of ether oxygens (including phenoxy) is 1. The summed E-state index contributed by atoms with van der Waals surface area (Å²) in [5, 5.41) is 0. The molecule has 1 radical (unpaired) electrons. The van der Waals surface area contributed by atoms with Gasteiger partial charge in [0.05, 0.1) is 17.8 Å². The fourth-order valence-corrected chi connectivity index (χ4v) is 2.25. The zero-order valence-electron chi connectivity index (χ0n) is 14.3. The van der Waals surface area contributed by atoms with Gasteiger partial charge in [-0.15, -0.1) is 0 Å². The van der Waals surface area contributed by atoms with Crippen molar-refractivity contribution in [3.05, 3.63) is 12.1 Å². The fourth-order valence-electron chi connectivity index (χ4n) is 2.19. The number of hydrogen-bond donors (Lipinski definition) is 2. The van der Waals surface area contributed by atoms with Gasteiger partial charge >= 0.3 is 7.48 Å². The Kier molecular flexibility index (Phi) is 6.85. The summed E-state index contributed by atoms with van der Waals surface area (Å²) in [7, 11) is 1.75. The van der Waals surface area contributed by atoms with Crippen molar-refractivity contribution in [2.45, 2.75) is 83.0 Å². The second-order valence-electron chi connectivity index (χ2n) is 7.24. The first-order valence-corrected chi connectivity index (χ1v) is 8.29. The van der Waals surface area contributed by atoms with Crippen LogP contribution in [0.4, 0.5) is 0 Å². The molecule has 0 saturated carbocycles. The van der Waals surface area contributed by atoms with Gasteiger partial charge in [0, 0.05) is 10.8 Å². The van der Waals surface area contributed by atoms with Gasteiger partial charge in [0.2, 0.25) is 0 Å². The molecule has 1 aliphatic heterocycles. The minimum Gasteiger partial charge on any atom is -0.429 e. The van der Waals surface area contributed by atoms with Gasteiger partial charge < -0.3 is 15.1 Å². The maximum absolute atomic E-state index is 6.02. The standard InChI is InChI=1S/C16H31BNO2S/c1-11-10-13(18)12(2)19-14(11)8-7-9-17-20-15(3,4)16(5,6)21/h7,9,11-14,21H,8,10,18H2,1-6H3/b9-7+. The fraction of sp³-hybridized carbons (Fsp3) is 0.875. The smallest absolute Gasteiger partial charge is 0.322 e. The number of thiol groups is 1.